The summed E-state index contributed by atoms with van der Waals surface area (Å²) in [5.41, 5.74) is 2.04. The third kappa shape index (κ3) is 3.67. The molecule has 6 nitrogen and oxygen atoms in total. The number of aromatic nitrogens is 2. The van der Waals surface area contributed by atoms with E-state index in [9.17, 15) is 18.0 Å². The second-order valence-electron chi connectivity index (χ2n) is 5.31. The molecule has 1 amide bonds. The molecule has 0 fully saturated rings. The van der Waals surface area contributed by atoms with Crippen LogP contribution in [0, 0.1) is 0 Å². The summed E-state index contributed by atoms with van der Waals surface area (Å²) in [6.45, 7) is -0.118. The molecule has 3 N–H and O–H groups in total. The number of anilines is 1. The number of nitrogens with one attached hydrogen (secondary N) is 3. The predicted molar refractivity (Wildman–Crippen MR) is 79.9 cm³/mol. The van der Waals surface area contributed by atoms with Crippen molar-refractivity contribution in [1.29, 1.82) is 0 Å². The van der Waals surface area contributed by atoms with Gasteiger partial charge < -0.3 is 15.4 Å². The Bertz CT molecular complexity index is 743. The van der Waals surface area contributed by atoms with E-state index in [4.69, 9.17) is 4.74 Å². The highest BCUT2D eigenvalue weighted by molar-refractivity contribution is 6.04. The number of alkyl halides is 3. The van der Waals surface area contributed by atoms with Crippen molar-refractivity contribution in [2.75, 3.05) is 18.5 Å². The standard InChI is InChI=1S/C15H15F3N4O2/c16-15(17,18)8-24-12-4-2-1-3-11(12)20-14(23)13-9-7-19-6-5-10(9)21-22-13/h1-4,19H,5-8H2,(H,20,23)(H,21,22). The van der Waals surface area contributed by atoms with Gasteiger partial charge in [0.2, 0.25) is 0 Å². The van der Waals surface area contributed by atoms with Crippen molar-refractivity contribution in [1.82, 2.24) is 15.5 Å². The maximum atomic E-state index is 12.4. The number of benzene rings is 1. The Morgan fingerprint density at radius 2 is 2.12 bits per heavy atom. The lowest BCUT2D eigenvalue weighted by Crippen LogP contribution is -2.25. The van der Waals surface area contributed by atoms with Crippen LogP contribution in [0.3, 0.4) is 0 Å². The molecule has 0 radical (unpaired) electrons. The van der Waals surface area contributed by atoms with Gasteiger partial charge in [0.15, 0.2) is 12.3 Å². The maximum Gasteiger partial charge on any atom is 0.422 e. The first-order valence-corrected chi connectivity index (χ1v) is 7.31. The molecule has 0 aliphatic carbocycles. The lowest BCUT2D eigenvalue weighted by molar-refractivity contribution is -0.153. The van der Waals surface area contributed by atoms with Gasteiger partial charge in [0.25, 0.3) is 5.91 Å². The van der Waals surface area contributed by atoms with Gasteiger partial charge in [-0.05, 0) is 12.1 Å². The molecule has 0 unspecified atom stereocenters. The number of para-hydroxylation sites is 2. The van der Waals surface area contributed by atoms with Crippen molar-refractivity contribution in [3.05, 3.63) is 41.2 Å². The molecule has 2 aromatic rings. The number of aromatic amines is 1. The third-order valence-electron chi connectivity index (χ3n) is 3.55. The molecule has 1 aliphatic rings. The van der Waals surface area contributed by atoms with Crippen molar-refractivity contribution in [2.24, 2.45) is 0 Å². The summed E-state index contributed by atoms with van der Waals surface area (Å²) in [5.74, 6) is -0.551. The van der Waals surface area contributed by atoms with Crippen molar-refractivity contribution in [3.63, 3.8) is 0 Å². The summed E-state index contributed by atoms with van der Waals surface area (Å²) >= 11 is 0. The number of hydrogen-bond donors (Lipinski definition) is 3. The van der Waals surface area contributed by atoms with E-state index in [0.717, 1.165) is 24.2 Å². The van der Waals surface area contributed by atoms with Gasteiger partial charge in [0.05, 0.1) is 5.69 Å². The van der Waals surface area contributed by atoms with Crippen LogP contribution in [0.25, 0.3) is 0 Å². The average molecular weight is 340 g/mol. The Morgan fingerprint density at radius 3 is 2.92 bits per heavy atom. The summed E-state index contributed by atoms with van der Waals surface area (Å²) in [6.07, 6.45) is -3.72. The molecule has 0 bridgehead atoms. The van der Waals surface area contributed by atoms with Crippen LogP contribution in [0.2, 0.25) is 0 Å². The molecule has 24 heavy (non-hydrogen) atoms. The fourth-order valence-electron chi connectivity index (χ4n) is 2.45. The van der Waals surface area contributed by atoms with Crippen molar-refractivity contribution in [2.45, 2.75) is 19.1 Å². The highest BCUT2D eigenvalue weighted by atomic mass is 19.4. The summed E-state index contributed by atoms with van der Waals surface area (Å²) in [4.78, 5) is 12.4. The SMILES string of the molecule is O=C(Nc1ccccc1OCC(F)(F)F)c1n[nH]c2c1CNCC2. The van der Waals surface area contributed by atoms with Crippen molar-refractivity contribution in [3.8, 4) is 5.75 Å². The molecule has 1 aliphatic heterocycles. The van der Waals surface area contributed by atoms with Crippen LogP contribution in [0.1, 0.15) is 21.7 Å². The van der Waals surface area contributed by atoms with Crippen molar-refractivity contribution >= 4 is 11.6 Å². The summed E-state index contributed by atoms with van der Waals surface area (Å²) in [7, 11) is 0. The normalized spacial score (nSPS) is 14.1. The molecule has 0 spiro atoms. The Hall–Kier alpha value is -2.55. The maximum absolute atomic E-state index is 12.4. The number of fused-ring (bicyclic) bond motifs is 1. The Kier molecular flexibility index (Phi) is 4.43. The van der Waals surface area contributed by atoms with E-state index >= 15 is 0 Å². The number of ether oxygens (including phenoxy) is 1. The zero-order valence-corrected chi connectivity index (χ0v) is 12.5. The fraction of sp³-hybridized carbons (Fsp3) is 0.333. The van der Waals surface area contributed by atoms with Gasteiger partial charge in [0.1, 0.15) is 5.75 Å². The molecule has 9 heteroatoms. The molecule has 0 saturated carbocycles. The average Bonchev–Trinajstić information content (AvgIpc) is 2.97. The van der Waals surface area contributed by atoms with Gasteiger partial charge >= 0.3 is 6.18 Å². The van der Waals surface area contributed by atoms with Gasteiger partial charge in [-0.2, -0.15) is 18.3 Å². The van der Waals surface area contributed by atoms with E-state index in [2.05, 4.69) is 20.8 Å². The van der Waals surface area contributed by atoms with Crippen LogP contribution in [0.15, 0.2) is 24.3 Å². The second-order valence-corrected chi connectivity index (χ2v) is 5.31. The molecule has 1 aromatic carbocycles. The highest BCUT2D eigenvalue weighted by Gasteiger charge is 2.29. The largest absolute Gasteiger partial charge is 0.482 e. The first-order chi connectivity index (χ1) is 11.4. The molecule has 128 valence electrons. The van der Waals surface area contributed by atoms with Crippen LogP contribution in [-0.2, 0) is 13.0 Å². The second kappa shape index (κ2) is 6.52. The topological polar surface area (TPSA) is 79.0 Å². The number of carbonyl (C=O) groups excluding carboxylic acids is 1. The number of rotatable bonds is 4. The summed E-state index contributed by atoms with van der Waals surface area (Å²) in [6, 6.07) is 5.96. The van der Waals surface area contributed by atoms with Crippen molar-refractivity contribution < 1.29 is 22.7 Å². The molecule has 0 atom stereocenters. The predicted octanol–water partition coefficient (Wildman–Crippen LogP) is 2.25. The fourth-order valence-corrected chi connectivity index (χ4v) is 2.45. The number of hydrogen-bond acceptors (Lipinski definition) is 4. The lowest BCUT2D eigenvalue weighted by atomic mass is 10.1. The van der Waals surface area contributed by atoms with E-state index in [1.165, 1.54) is 18.2 Å². The van der Waals surface area contributed by atoms with Crippen LogP contribution in [0.4, 0.5) is 18.9 Å². The van der Waals surface area contributed by atoms with E-state index in [0.29, 0.717) is 6.54 Å². The molecular formula is C15H15F3N4O2. The minimum atomic E-state index is -4.45. The van der Waals surface area contributed by atoms with E-state index in [1.807, 2.05) is 0 Å². The Labute approximate surface area is 135 Å². The van der Waals surface area contributed by atoms with Crippen LogP contribution >= 0.6 is 0 Å². The number of amides is 1. The number of nitrogens with zero attached hydrogens (tertiary/aromatic N) is 1. The van der Waals surface area contributed by atoms with Gasteiger partial charge in [0, 0.05) is 30.8 Å². The Balaban J connectivity index is 1.76. The highest BCUT2D eigenvalue weighted by Crippen LogP contribution is 2.27. The van der Waals surface area contributed by atoms with E-state index in [-0.39, 0.29) is 17.1 Å². The Morgan fingerprint density at radius 1 is 1.33 bits per heavy atom. The quantitative estimate of drug-likeness (QED) is 0.798. The van der Waals surface area contributed by atoms with Gasteiger partial charge in [-0.3, -0.25) is 9.89 Å². The van der Waals surface area contributed by atoms with Gasteiger partial charge in [-0.25, -0.2) is 0 Å². The van der Waals surface area contributed by atoms with Gasteiger partial charge in [-0.1, -0.05) is 12.1 Å². The smallest absolute Gasteiger partial charge is 0.422 e. The zero-order valence-electron chi connectivity index (χ0n) is 12.5. The lowest BCUT2D eigenvalue weighted by Gasteiger charge is -2.15. The zero-order chi connectivity index (χ0) is 17.2. The van der Waals surface area contributed by atoms with E-state index in [1.54, 1.807) is 6.07 Å². The number of H-pyrrole nitrogens is 1. The van der Waals surface area contributed by atoms with Crippen LogP contribution in [0.5, 0.6) is 5.75 Å². The molecular weight excluding hydrogens is 325 g/mol. The minimum Gasteiger partial charge on any atom is -0.482 e. The van der Waals surface area contributed by atoms with Crippen LogP contribution < -0.4 is 15.4 Å². The molecule has 1 aromatic heterocycles. The summed E-state index contributed by atoms with van der Waals surface area (Å²) in [5, 5.41) is 12.5. The first-order valence-electron chi connectivity index (χ1n) is 7.31. The van der Waals surface area contributed by atoms with Gasteiger partial charge in [-0.15, -0.1) is 0 Å². The molecule has 2 heterocycles. The summed E-state index contributed by atoms with van der Waals surface area (Å²) < 4.78 is 41.7. The number of halogens is 3. The van der Waals surface area contributed by atoms with E-state index < -0.39 is 18.7 Å². The third-order valence-corrected chi connectivity index (χ3v) is 3.55. The minimum absolute atomic E-state index is 0.0503. The molecule has 0 saturated heterocycles. The first kappa shape index (κ1) is 16.3. The molecule has 3 rings (SSSR count). The number of carbonyl (C=O) groups is 1. The van der Waals surface area contributed by atoms with Crippen LogP contribution in [-0.4, -0.2) is 35.4 Å². The monoisotopic (exact) mass is 340 g/mol.